The van der Waals surface area contributed by atoms with Gasteiger partial charge >= 0.3 is 6.18 Å². The van der Waals surface area contributed by atoms with E-state index in [1.165, 1.54) is 6.08 Å². The molecule has 1 rings (SSSR count). The van der Waals surface area contributed by atoms with E-state index in [1.807, 2.05) is 6.92 Å². The fraction of sp³-hybridized carbons (Fsp3) is 0.500. The first-order valence-corrected chi connectivity index (χ1v) is 5.58. The number of halogens is 4. The van der Waals surface area contributed by atoms with Crippen LogP contribution in [0.1, 0.15) is 26.7 Å². The number of hydrogen-bond acceptors (Lipinski definition) is 0. The molecule has 1 unspecified atom stereocenters. The van der Waals surface area contributed by atoms with Gasteiger partial charge in [-0.15, -0.1) is 0 Å². The summed E-state index contributed by atoms with van der Waals surface area (Å²) in [5.41, 5.74) is -0.236. The van der Waals surface area contributed by atoms with E-state index in [1.54, 1.807) is 13.0 Å². The van der Waals surface area contributed by atoms with Gasteiger partial charge < -0.3 is 0 Å². The smallest absolute Gasteiger partial charge is 0.166 e. The summed E-state index contributed by atoms with van der Waals surface area (Å²) >= 11 is 5.87. The van der Waals surface area contributed by atoms with E-state index < -0.39 is 11.7 Å². The quantitative estimate of drug-likeness (QED) is 0.616. The van der Waals surface area contributed by atoms with Crippen LogP contribution in [0.4, 0.5) is 13.2 Å². The molecule has 0 aliphatic heterocycles. The highest BCUT2D eigenvalue weighted by Crippen LogP contribution is 2.35. The summed E-state index contributed by atoms with van der Waals surface area (Å²) < 4.78 is 38.2. The first kappa shape index (κ1) is 13.4. The highest BCUT2D eigenvalue weighted by Gasteiger charge is 2.35. The van der Waals surface area contributed by atoms with Crippen LogP contribution in [0.5, 0.6) is 0 Å². The first-order valence-electron chi connectivity index (χ1n) is 5.20. The molecule has 0 amide bonds. The van der Waals surface area contributed by atoms with Gasteiger partial charge in [0, 0.05) is 5.03 Å². The summed E-state index contributed by atoms with van der Waals surface area (Å²) in [6.45, 7) is 3.62. The standard InChI is InChI=1S/C12H14ClF3/c1-3-9-5-4-8(2)11(13)7-6-10(9)12(14,15)16/h5-8H,3-4H2,1-2H3/b9-5+,10-6+,11-7-. The zero-order valence-electron chi connectivity index (χ0n) is 9.24. The Kier molecular flexibility index (Phi) is 4.25. The van der Waals surface area contributed by atoms with Gasteiger partial charge in [-0.05, 0) is 36.5 Å². The highest BCUT2D eigenvalue weighted by molar-refractivity contribution is 6.29. The van der Waals surface area contributed by atoms with E-state index >= 15 is 0 Å². The Morgan fingerprint density at radius 1 is 1.38 bits per heavy atom. The van der Waals surface area contributed by atoms with Crippen molar-refractivity contribution in [1.29, 1.82) is 0 Å². The molecule has 0 saturated heterocycles. The molecule has 0 aromatic rings. The third-order valence-electron chi connectivity index (χ3n) is 2.63. The van der Waals surface area contributed by atoms with E-state index in [9.17, 15) is 13.2 Å². The molecule has 4 heteroatoms. The number of alkyl halides is 3. The molecule has 0 N–H and O–H groups in total. The van der Waals surface area contributed by atoms with E-state index in [2.05, 4.69) is 0 Å². The molecule has 90 valence electrons. The number of hydrogen-bond donors (Lipinski definition) is 0. The second-order valence-corrected chi connectivity index (χ2v) is 4.29. The van der Waals surface area contributed by atoms with Crippen molar-refractivity contribution in [2.45, 2.75) is 32.9 Å². The van der Waals surface area contributed by atoms with Crippen molar-refractivity contribution in [3.05, 3.63) is 34.4 Å². The van der Waals surface area contributed by atoms with Crippen molar-refractivity contribution in [2.75, 3.05) is 0 Å². The lowest BCUT2D eigenvalue weighted by atomic mass is 9.95. The molecule has 0 nitrogen and oxygen atoms in total. The van der Waals surface area contributed by atoms with Crippen molar-refractivity contribution in [3.8, 4) is 0 Å². The van der Waals surface area contributed by atoms with Crippen LogP contribution in [0.15, 0.2) is 34.4 Å². The predicted octanol–water partition coefficient (Wildman–Crippen LogP) is 4.97. The van der Waals surface area contributed by atoms with E-state index in [4.69, 9.17) is 11.6 Å². The number of allylic oxidation sites excluding steroid dienone is 6. The van der Waals surface area contributed by atoms with Gasteiger partial charge in [0.2, 0.25) is 0 Å². The molecular weight excluding hydrogens is 237 g/mol. The van der Waals surface area contributed by atoms with Crippen molar-refractivity contribution >= 4 is 11.6 Å². The summed E-state index contributed by atoms with van der Waals surface area (Å²) in [7, 11) is 0. The second kappa shape index (κ2) is 5.09. The van der Waals surface area contributed by atoms with Gasteiger partial charge in [0.1, 0.15) is 0 Å². The molecule has 0 aromatic heterocycles. The van der Waals surface area contributed by atoms with Gasteiger partial charge in [-0.25, -0.2) is 0 Å². The summed E-state index contributed by atoms with van der Waals surface area (Å²) in [6, 6.07) is 0. The van der Waals surface area contributed by atoms with Crippen molar-refractivity contribution in [1.82, 2.24) is 0 Å². The predicted molar refractivity (Wildman–Crippen MR) is 60.2 cm³/mol. The van der Waals surface area contributed by atoms with Crippen LogP contribution < -0.4 is 0 Å². The van der Waals surface area contributed by atoms with Crippen molar-refractivity contribution in [3.63, 3.8) is 0 Å². The Balaban J connectivity index is 3.18. The van der Waals surface area contributed by atoms with Gasteiger partial charge in [0.05, 0.1) is 5.57 Å². The molecule has 1 aliphatic rings. The van der Waals surface area contributed by atoms with Crippen LogP contribution in [-0.2, 0) is 0 Å². The fourth-order valence-electron chi connectivity index (χ4n) is 1.59. The van der Waals surface area contributed by atoms with Gasteiger partial charge in [-0.3, -0.25) is 0 Å². The lowest BCUT2D eigenvalue weighted by Crippen LogP contribution is -2.14. The van der Waals surface area contributed by atoms with Gasteiger partial charge in [0.25, 0.3) is 0 Å². The normalized spacial score (nSPS) is 32.6. The third kappa shape index (κ3) is 3.14. The molecule has 0 spiro atoms. The molecule has 16 heavy (non-hydrogen) atoms. The molecule has 1 aliphatic carbocycles. The van der Waals surface area contributed by atoms with E-state index in [-0.39, 0.29) is 5.92 Å². The maximum Gasteiger partial charge on any atom is 0.416 e. The van der Waals surface area contributed by atoms with Crippen LogP contribution in [0.3, 0.4) is 0 Å². The van der Waals surface area contributed by atoms with Gasteiger partial charge in [-0.1, -0.05) is 31.5 Å². The lowest BCUT2D eigenvalue weighted by Gasteiger charge is -2.17. The minimum atomic E-state index is -4.31. The lowest BCUT2D eigenvalue weighted by molar-refractivity contribution is -0.0895. The Morgan fingerprint density at radius 3 is 2.50 bits per heavy atom. The summed E-state index contributed by atoms with van der Waals surface area (Å²) in [4.78, 5) is 0. The maximum absolute atomic E-state index is 12.7. The fourth-order valence-corrected chi connectivity index (χ4v) is 1.74. The molecule has 0 fully saturated rings. The Hall–Kier alpha value is -0.700. The number of rotatable bonds is 1. The summed E-state index contributed by atoms with van der Waals surface area (Å²) in [6.07, 6.45) is 0.690. The van der Waals surface area contributed by atoms with E-state index in [0.717, 1.165) is 6.08 Å². The zero-order valence-corrected chi connectivity index (χ0v) is 9.99. The first-order chi connectivity index (χ1) is 7.36. The molecule has 1 atom stereocenters. The second-order valence-electron chi connectivity index (χ2n) is 3.85. The molecule has 0 radical (unpaired) electrons. The van der Waals surface area contributed by atoms with E-state index in [0.29, 0.717) is 23.4 Å². The van der Waals surface area contributed by atoms with Crippen LogP contribution in [0.25, 0.3) is 0 Å². The SMILES string of the molecule is CCC1=C\CC(C)/C(Cl)=C/C=C\1C(F)(F)F. The minimum absolute atomic E-state index is 0.0780. The monoisotopic (exact) mass is 250 g/mol. The van der Waals surface area contributed by atoms with Crippen LogP contribution in [0.2, 0.25) is 0 Å². The van der Waals surface area contributed by atoms with Gasteiger partial charge in [0.15, 0.2) is 0 Å². The average molecular weight is 251 g/mol. The van der Waals surface area contributed by atoms with Crippen molar-refractivity contribution in [2.24, 2.45) is 5.92 Å². The maximum atomic E-state index is 12.7. The van der Waals surface area contributed by atoms with Crippen LogP contribution in [0, 0.1) is 5.92 Å². The molecule has 0 bridgehead atoms. The van der Waals surface area contributed by atoms with Gasteiger partial charge in [-0.2, -0.15) is 13.2 Å². The van der Waals surface area contributed by atoms with Crippen molar-refractivity contribution < 1.29 is 13.2 Å². The summed E-state index contributed by atoms with van der Waals surface area (Å²) in [5, 5.41) is 0.466. The molecule has 0 heterocycles. The summed E-state index contributed by atoms with van der Waals surface area (Å²) in [5.74, 6) is 0.0780. The Bertz CT molecular complexity index is 348. The minimum Gasteiger partial charge on any atom is -0.166 e. The third-order valence-corrected chi connectivity index (χ3v) is 3.13. The Labute approximate surface area is 98.5 Å². The molecule has 0 saturated carbocycles. The average Bonchev–Trinajstić information content (AvgIpc) is 2.17. The highest BCUT2D eigenvalue weighted by atomic mass is 35.5. The van der Waals surface area contributed by atoms with Crippen LogP contribution in [-0.4, -0.2) is 6.18 Å². The Morgan fingerprint density at radius 2 is 2.00 bits per heavy atom. The molecular formula is C12H14ClF3. The largest absolute Gasteiger partial charge is 0.416 e. The topological polar surface area (TPSA) is 0 Å². The molecule has 0 aromatic carbocycles. The van der Waals surface area contributed by atoms with Crippen LogP contribution >= 0.6 is 11.6 Å². The zero-order chi connectivity index (χ0) is 12.3.